The first kappa shape index (κ1) is 19.9. The summed E-state index contributed by atoms with van der Waals surface area (Å²) in [6.07, 6.45) is 2.98. The fourth-order valence-corrected chi connectivity index (χ4v) is 3.36. The van der Waals surface area contributed by atoms with Crippen LogP contribution in [0, 0.1) is 12.7 Å². The maximum absolute atomic E-state index is 13.1. The van der Waals surface area contributed by atoms with Gasteiger partial charge in [-0.3, -0.25) is 4.79 Å². The Labute approximate surface area is 164 Å². The van der Waals surface area contributed by atoms with Crippen LogP contribution in [0.4, 0.5) is 13.2 Å². The van der Waals surface area contributed by atoms with Gasteiger partial charge in [-0.05, 0) is 62.0 Å². The number of thioether (sulfide) groups is 1. The van der Waals surface area contributed by atoms with E-state index in [-0.39, 0.29) is 28.2 Å². The van der Waals surface area contributed by atoms with Crippen LogP contribution < -0.4 is 5.32 Å². The molecule has 2 aromatic heterocycles. The third-order valence-electron chi connectivity index (χ3n) is 4.15. The van der Waals surface area contributed by atoms with Gasteiger partial charge in [-0.1, -0.05) is 0 Å². The Morgan fingerprint density at radius 1 is 1.21 bits per heavy atom. The van der Waals surface area contributed by atoms with Crippen LogP contribution in [0.15, 0.2) is 53.8 Å². The van der Waals surface area contributed by atoms with Gasteiger partial charge in [0.05, 0.1) is 23.5 Å². The zero-order chi connectivity index (χ0) is 20.3. The van der Waals surface area contributed by atoms with Crippen molar-refractivity contribution in [2.45, 2.75) is 30.7 Å². The highest BCUT2D eigenvalue weighted by Gasteiger charge is 2.21. The van der Waals surface area contributed by atoms with Gasteiger partial charge < -0.3 is 5.32 Å². The van der Waals surface area contributed by atoms with Gasteiger partial charge in [-0.25, -0.2) is 14.1 Å². The van der Waals surface area contributed by atoms with Crippen LogP contribution in [0.25, 0.3) is 5.69 Å². The van der Waals surface area contributed by atoms with Gasteiger partial charge in [0.25, 0.3) is 11.7 Å². The number of rotatable bonds is 6. The number of nitrogens with zero attached hydrogens (tertiary/aromatic N) is 3. The van der Waals surface area contributed by atoms with Gasteiger partial charge >= 0.3 is 0 Å². The van der Waals surface area contributed by atoms with Crippen molar-refractivity contribution in [1.29, 1.82) is 0 Å². The van der Waals surface area contributed by atoms with Gasteiger partial charge in [0, 0.05) is 17.5 Å². The summed E-state index contributed by atoms with van der Waals surface area (Å²) in [6.45, 7) is 3.60. The number of hydrogen-bond acceptors (Lipinski definition) is 4. The van der Waals surface area contributed by atoms with Crippen molar-refractivity contribution in [3.63, 3.8) is 0 Å². The molecule has 0 spiro atoms. The third-order valence-corrected chi connectivity index (χ3v) is 4.88. The third kappa shape index (κ3) is 4.36. The summed E-state index contributed by atoms with van der Waals surface area (Å²) < 4.78 is 40.1. The number of carbonyl (C=O) groups excluding carboxylic acids is 1. The van der Waals surface area contributed by atoms with Crippen molar-refractivity contribution in [2.75, 3.05) is 0 Å². The SMILES string of the molecule is Cc1c(C(C)NC(=O)c2cccnc2SC(F)F)cnn1-c1ccc(F)cc1. The fraction of sp³-hybridized carbons (Fsp3) is 0.211. The van der Waals surface area contributed by atoms with Gasteiger partial charge in [-0.15, -0.1) is 0 Å². The molecule has 0 aliphatic rings. The number of pyridine rings is 1. The summed E-state index contributed by atoms with van der Waals surface area (Å²) in [5, 5.41) is 7.06. The van der Waals surface area contributed by atoms with Crippen LogP contribution in [0.2, 0.25) is 0 Å². The summed E-state index contributed by atoms with van der Waals surface area (Å²) >= 11 is 0.230. The van der Waals surface area contributed by atoms with Crippen molar-refractivity contribution >= 4 is 17.7 Å². The van der Waals surface area contributed by atoms with E-state index in [1.807, 2.05) is 6.92 Å². The van der Waals surface area contributed by atoms with Crippen molar-refractivity contribution in [2.24, 2.45) is 0 Å². The van der Waals surface area contributed by atoms with E-state index in [0.29, 0.717) is 5.69 Å². The first-order valence-electron chi connectivity index (χ1n) is 8.38. The molecule has 0 aliphatic heterocycles. The molecule has 0 fully saturated rings. The summed E-state index contributed by atoms with van der Waals surface area (Å²) in [5.41, 5.74) is 2.30. The van der Waals surface area contributed by atoms with Crippen LogP contribution in [0.3, 0.4) is 0 Å². The molecule has 0 saturated heterocycles. The predicted octanol–water partition coefficient (Wildman–Crippen LogP) is 4.52. The molecule has 0 aliphatic carbocycles. The van der Waals surface area contributed by atoms with E-state index in [9.17, 15) is 18.0 Å². The lowest BCUT2D eigenvalue weighted by Crippen LogP contribution is -2.27. The summed E-state index contributed by atoms with van der Waals surface area (Å²) in [4.78, 5) is 16.4. The molecular weight excluding hydrogens is 389 g/mol. The highest BCUT2D eigenvalue weighted by Crippen LogP contribution is 2.27. The van der Waals surface area contributed by atoms with E-state index in [4.69, 9.17) is 0 Å². The number of nitrogens with one attached hydrogen (secondary N) is 1. The monoisotopic (exact) mass is 406 g/mol. The van der Waals surface area contributed by atoms with Crippen LogP contribution in [0.5, 0.6) is 0 Å². The van der Waals surface area contributed by atoms with Crippen molar-refractivity contribution in [1.82, 2.24) is 20.1 Å². The first-order valence-corrected chi connectivity index (χ1v) is 9.26. The molecular formula is C19H17F3N4OS. The Hall–Kier alpha value is -2.81. The lowest BCUT2D eigenvalue weighted by molar-refractivity contribution is 0.0936. The second-order valence-electron chi connectivity index (χ2n) is 6.00. The Kier molecular flexibility index (Phi) is 6.03. The van der Waals surface area contributed by atoms with E-state index in [0.717, 1.165) is 11.3 Å². The molecule has 0 radical (unpaired) electrons. The van der Waals surface area contributed by atoms with E-state index in [1.54, 1.807) is 29.9 Å². The summed E-state index contributed by atoms with van der Waals surface area (Å²) in [6, 6.07) is 8.43. The molecule has 0 saturated carbocycles. The molecule has 9 heteroatoms. The molecule has 28 heavy (non-hydrogen) atoms. The van der Waals surface area contributed by atoms with Crippen molar-refractivity contribution in [3.05, 3.63) is 71.4 Å². The molecule has 1 N–H and O–H groups in total. The maximum Gasteiger partial charge on any atom is 0.290 e. The normalized spacial score (nSPS) is 12.2. The van der Waals surface area contributed by atoms with E-state index < -0.39 is 17.7 Å². The second kappa shape index (κ2) is 8.47. The molecule has 146 valence electrons. The fourth-order valence-electron chi connectivity index (χ4n) is 2.78. The van der Waals surface area contributed by atoms with Gasteiger partial charge in [0.15, 0.2) is 0 Å². The quantitative estimate of drug-likeness (QED) is 0.612. The lowest BCUT2D eigenvalue weighted by Gasteiger charge is -2.15. The smallest absolute Gasteiger partial charge is 0.290 e. The average molecular weight is 406 g/mol. The lowest BCUT2D eigenvalue weighted by atomic mass is 10.1. The number of benzene rings is 1. The zero-order valence-electron chi connectivity index (χ0n) is 15.1. The van der Waals surface area contributed by atoms with E-state index >= 15 is 0 Å². The van der Waals surface area contributed by atoms with E-state index in [1.165, 1.54) is 30.5 Å². The van der Waals surface area contributed by atoms with Crippen LogP contribution in [0.1, 0.15) is 34.6 Å². The number of halogens is 3. The Morgan fingerprint density at radius 2 is 1.93 bits per heavy atom. The standard InChI is InChI=1S/C19H17F3N4OS/c1-11(25-17(27)15-4-3-9-23-18(15)28-19(21)22)16-10-24-26(12(16)2)14-7-5-13(20)6-8-14/h3-11,19H,1-2H3,(H,25,27). The number of carbonyl (C=O) groups is 1. The highest BCUT2D eigenvalue weighted by atomic mass is 32.2. The molecule has 1 amide bonds. The minimum absolute atomic E-state index is 0.0269. The topological polar surface area (TPSA) is 59.8 Å². The molecule has 1 atom stereocenters. The number of alkyl halides is 2. The van der Waals surface area contributed by atoms with Crippen LogP contribution in [-0.4, -0.2) is 26.4 Å². The Balaban J connectivity index is 1.80. The minimum atomic E-state index is -2.67. The average Bonchev–Trinajstić information content (AvgIpc) is 3.04. The highest BCUT2D eigenvalue weighted by molar-refractivity contribution is 7.99. The van der Waals surface area contributed by atoms with E-state index in [2.05, 4.69) is 15.4 Å². The number of hydrogen-bond donors (Lipinski definition) is 1. The van der Waals surface area contributed by atoms with Gasteiger partial charge in [-0.2, -0.15) is 13.9 Å². The zero-order valence-corrected chi connectivity index (χ0v) is 15.9. The van der Waals surface area contributed by atoms with Gasteiger partial charge in [0.1, 0.15) is 10.8 Å². The van der Waals surface area contributed by atoms with Crippen molar-refractivity contribution < 1.29 is 18.0 Å². The van der Waals surface area contributed by atoms with Crippen LogP contribution >= 0.6 is 11.8 Å². The molecule has 2 heterocycles. The minimum Gasteiger partial charge on any atom is -0.345 e. The summed E-state index contributed by atoms with van der Waals surface area (Å²) in [5.74, 6) is -3.52. The predicted molar refractivity (Wildman–Crippen MR) is 100 cm³/mol. The molecule has 3 rings (SSSR count). The second-order valence-corrected chi connectivity index (χ2v) is 6.98. The van der Waals surface area contributed by atoms with Crippen LogP contribution in [-0.2, 0) is 0 Å². The molecule has 3 aromatic rings. The molecule has 1 aromatic carbocycles. The molecule has 0 bridgehead atoms. The summed E-state index contributed by atoms with van der Waals surface area (Å²) in [7, 11) is 0. The van der Waals surface area contributed by atoms with Gasteiger partial charge in [0.2, 0.25) is 0 Å². The number of amides is 1. The maximum atomic E-state index is 13.1. The molecule has 5 nitrogen and oxygen atoms in total. The Morgan fingerprint density at radius 3 is 2.61 bits per heavy atom. The Bertz CT molecular complexity index is 976. The first-order chi connectivity index (χ1) is 13.4. The molecule has 1 unspecified atom stereocenters. The largest absolute Gasteiger partial charge is 0.345 e. The number of aromatic nitrogens is 3. The van der Waals surface area contributed by atoms with Crippen molar-refractivity contribution in [3.8, 4) is 5.69 Å².